The molecule has 1 rings (SSSR count). The van der Waals surface area contributed by atoms with Crippen LogP contribution in [0.2, 0.25) is 0 Å². The molecule has 0 aromatic carbocycles. The molecule has 0 radical (unpaired) electrons. The molecule has 2 atom stereocenters. The van der Waals surface area contributed by atoms with Gasteiger partial charge in [0.1, 0.15) is 5.92 Å². The SMILES string of the molecule is CC1(CNC(=O)O)CC(C#N)C(=O)C(C)(C)C1. The molecule has 0 aliphatic heterocycles. The highest BCUT2D eigenvalue weighted by molar-refractivity contribution is 5.89. The van der Waals surface area contributed by atoms with Crippen molar-refractivity contribution in [3.8, 4) is 6.07 Å². The lowest BCUT2D eigenvalue weighted by molar-refractivity contribution is -0.136. The lowest BCUT2D eigenvalue weighted by Crippen LogP contribution is -2.48. The quantitative estimate of drug-likeness (QED) is 0.767. The Balaban J connectivity index is 2.86. The Labute approximate surface area is 101 Å². The minimum absolute atomic E-state index is 0.0344. The fourth-order valence-corrected chi connectivity index (χ4v) is 2.81. The van der Waals surface area contributed by atoms with E-state index in [1.54, 1.807) is 0 Å². The summed E-state index contributed by atoms with van der Waals surface area (Å²) < 4.78 is 0. The van der Waals surface area contributed by atoms with Gasteiger partial charge < -0.3 is 10.4 Å². The van der Waals surface area contributed by atoms with E-state index >= 15 is 0 Å². The van der Waals surface area contributed by atoms with Crippen LogP contribution in [0.15, 0.2) is 0 Å². The Morgan fingerprint density at radius 3 is 2.65 bits per heavy atom. The zero-order valence-electron chi connectivity index (χ0n) is 10.4. The summed E-state index contributed by atoms with van der Waals surface area (Å²) in [7, 11) is 0. The van der Waals surface area contributed by atoms with Crippen LogP contribution in [-0.4, -0.2) is 23.5 Å². The first kappa shape index (κ1) is 13.5. The number of Topliss-reactive ketones (excluding diaryl/α,β-unsaturated/α-hetero) is 1. The predicted octanol–water partition coefficient (Wildman–Crippen LogP) is 1.79. The molecule has 0 saturated heterocycles. The maximum Gasteiger partial charge on any atom is 0.404 e. The smallest absolute Gasteiger partial charge is 0.404 e. The lowest BCUT2D eigenvalue weighted by atomic mass is 9.60. The van der Waals surface area contributed by atoms with E-state index in [9.17, 15) is 9.59 Å². The highest BCUT2D eigenvalue weighted by atomic mass is 16.4. The number of carbonyl (C=O) groups excluding carboxylic acids is 1. The molecule has 94 valence electrons. The van der Waals surface area contributed by atoms with Gasteiger partial charge in [-0.3, -0.25) is 4.79 Å². The number of nitriles is 1. The number of rotatable bonds is 2. The van der Waals surface area contributed by atoms with Gasteiger partial charge in [-0.25, -0.2) is 4.79 Å². The second-order valence-electron chi connectivity index (χ2n) is 5.78. The van der Waals surface area contributed by atoms with Crippen LogP contribution in [-0.2, 0) is 4.79 Å². The average molecular weight is 238 g/mol. The Bertz CT molecular complexity index is 384. The Kier molecular flexibility index (Phi) is 3.46. The van der Waals surface area contributed by atoms with Gasteiger partial charge in [-0.05, 0) is 18.3 Å². The van der Waals surface area contributed by atoms with E-state index in [0.29, 0.717) is 12.8 Å². The van der Waals surface area contributed by atoms with Crippen LogP contribution in [0.5, 0.6) is 0 Å². The number of ketones is 1. The van der Waals surface area contributed by atoms with Crippen LogP contribution in [0, 0.1) is 28.1 Å². The summed E-state index contributed by atoms with van der Waals surface area (Å²) in [6.45, 7) is 5.83. The van der Waals surface area contributed by atoms with E-state index in [0.717, 1.165) is 0 Å². The van der Waals surface area contributed by atoms with Gasteiger partial charge in [0.15, 0.2) is 5.78 Å². The average Bonchev–Trinajstić information content (AvgIpc) is 2.20. The normalized spacial score (nSPS) is 31.6. The molecule has 0 spiro atoms. The van der Waals surface area contributed by atoms with Crippen LogP contribution < -0.4 is 5.32 Å². The Morgan fingerprint density at radius 2 is 2.18 bits per heavy atom. The van der Waals surface area contributed by atoms with Crippen molar-refractivity contribution in [2.45, 2.75) is 33.6 Å². The molecule has 2 unspecified atom stereocenters. The summed E-state index contributed by atoms with van der Waals surface area (Å²) in [4.78, 5) is 22.5. The second kappa shape index (κ2) is 4.36. The summed E-state index contributed by atoms with van der Waals surface area (Å²) >= 11 is 0. The maximum absolute atomic E-state index is 11.9. The van der Waals surface area contributed by atoms with Crippen molar-refractivity contribution in [1.29, 1.82) is 5.26 Å². The number of nitrogens with zero attached hydrogens (tertiary/aromatic N) is 1. The predicted molar refractivity (Wildman–Crippen MR) is 61.3 cm³/mol. The Hall–Kier alpha value is -1.57. The molecule has 1 amide bonds. The van der Waals surface area contributed by atoms with Crippen LogP contribution in [0.3, 0.4) is 0 Å². The highest BCUT2D eigenvalue weighted by Crippen LogP contribution is 2.45. The summed E-state index contributed by atoms with van der Waals surface area (Å²) in [5.41, 5.74) is -0.899. The van der Waals surface area contributed by atoms with E-state index in [1.807, 2.05) is 26.8 Å². The number of carboxylic acid groups (broad SMARTS) is 1. The van der Waals surface area contributed by atoms with E-state index in [-0.39, 0.29) is 17.7 Å². The minimum atomic E-state index is -1.07. The fourth-order valence-electron chi connectivity index (χ4n) is 2.81. The molecule has 1 aliphatic rings. The van der Waals surface area contributed by atoms with Gasteiger partial charge in [-0.15, -0.1) is 0 Å². The number of nitrogens with one attached hydrogen (secondary N) is 1. The van der Waals surface area contributed by atoms with Crippen LogP contribution in [0.4, 0.5) is 4.79 Å². The first-order chi connectivity index (χ1) is 7.70. The van der Waals surface area contributed by atoms with Crippen molar-refractivity contribution >= 4 is 11.9 Å². The van der Waals surface area contributed by atoms with Crippen molar-refractivity contribution in [2.75, 3.05) is 6.54 Å². The van der Waals surface area contributed by atoms with Gasteiger partial charge in [0.05, 0.1) is 6.07 Å². The minimum Gasteiger partial charge on any atom is -0.465 e. The van der Waals surface area contributed by atoms with E-state index in [1.165, 1.54) is 0 Å². The molecule has 1 fully saturated rings. The number of hydrogen-bond acceptors (Lipinski definition) is 3. The van der Waals surface area contributed by atoms with Gasteiger partial charge in [0.25, 0.3) is 0 Å². The first-order valence-electron chi connectivity index (χ1n) is 5.61. The van der Waals surface area contributed by atoms with Gasteiger partial charge in [-0.2, -0.15) is 5.26 Å². The molecule has 0 heterocycles. The first-order valence-corrected chi connectivity index (χ1v) is 5.61. The molecule has 1 saturated carbocycles. The van der Waals surface area contributed by atoms with Crippen molar-refractivity contribution < 1.29 is 14.7 Å². The third-order valence-corrected chi connectivity index (χ3v) is 3.37. The van der Waals surface area contributed by atoms with Gasteiger partial charge in [0.2, 0.25) is 0 Å². The summed E-state index contributed by atoms with van der Waals surface area (Å²) in [5, 5.41) is 20.0. The third-order valence-electron chi connectivity index (χ3n) is 3.37. The largest absolute Gasteiger partial charge is 0.465 e. The van der Waals surface area contributed by atoms with Crippen molar-refractivity contribution in [2.24, 2.45) is 16.7 Å². The fraction of sp³-hybridized carbons (Fsp3) is 0.750. The number of hydrogen-bond donors (Lipinski definition) is 2. The molecule has 17 heavy (non-hydrogen) atoms. The second-order valence-corrected chi connectivity index (χ2v) is 5.78. The Morgan fingerprint density at radius 1 is 1.59 bits per heavy atom. The molecule has 0 aromatic rings. The van der Waals surface area contributed by atoms with Crippen LogP contribution >= 0.6 is 0 Å². The molecule has 2 N–H and O–H groups in total. The van der Waals surface area contributed by atoms with Crippen molar-refractivity contribution in [3.63, 3.8) is 0 Å². The lowest BCUT2D eigenvalue weighted by Gasteiger charge is -2.43. The molecule has 0 aromatic heterocycles. The maximum atomic E-state index is 11.9. The zero-order chi connectivity index (χ0) is 13.3. The highest BCUT2D eigenvalue weighted by Gasteiger charge is 2.47. The summed E-state index contributed by atoms with van der Waals surface area (Å²) in [6.07, 6.45) is -0.0574. The van der Waals surface area contributed by atoms with Crippen molar-refractivity contribution in [1.82, 2.24) is 5.32 Å². The molecule has 0 bridgehead atoms. The van der Waals surface area contributed by atoms with E-state index < -0.39 is 17.4 Å². The molecular formula is C12H18N2O3. The molecule has 1 aliphatic carbocycles. The van der Waals surface area contributed by atoms with Crippen LogP contribution in [0.25, 0.3) is 0 Å². The zero-order valence-corrected chi connectivity index (χ0v) is 10.4. The molecular weight excluding hydrogens is 220 g/mol. The summed E-state index contributed by atoms with van der Waals surface area (Å²) in [6, 6.07) is 2.03. The molecule has 5 heteroatoms. The number of carbonyl (C=O) groups is 2. The topological polar surface area (TPSA) is 90.2 Å². The van der Waals surface area contributed by atoms with E-state index in [2.05, 4.69) is 5.32 Å². The van der Waals surface area contributed by atoms with Gasteiger partial charge >= 0.3 is 6.09 Å². The monoisotopic (exact) mass is 238 g/mol. The molecule has 5 nitrogen and oxygen atoms in total. The third kappa shape index (κ3) is 2.96. The van der Waals surface area contributed by atoms with Gasteiger partial charge in [-0.1, -0.05) is 20.8 Å². The van der Waals surface area contributed by atoms with Gasteiger partial charge in [0, 0.05) is 12.0 Å². The van der Waals surface area contributed by atoms with Crippen LogP contribution in [0.1, 0.15) is 33.6 Å². The van der Waals surface area contributed by atoms with Crippen molar-refractivity contribution in [3.05, 3.63) is 0 Å². The van der Waals surface area contributed by atoms with E-state index in [4.69, 9.17) is 10.4 Å². The number of amides is 1. The standard InChI is InChI=1S/C12H18N2O3/c1-11(2)6-12(3,7-14-10(16)17)4-8(5-13)9(11)15/h8,14H,4,6-7H2,1-3H3,(H,16,17). The summed E-state index contributed by atoms with van der Waals surface area (Å²) in [5.74, 6) is -0.660.